The van der Waals surface area contributed by atoms with Crippen molar-refractivity contribution < 1.29 is 94.1 Å². The highest BCUT2D eigenvalue weighted by atomic mass is 79.9. The minimum Gasteiger partial charge on any atom is -0.397 e. The number of fused-ring (bicyclic) bond motifs is 6. The highest BCUT2D eigenvalue weighted by Gasteiger charge is 2.52. The molecule has 18 heterocycles. The summed E-state index contributed by atoms with van der Waals surface area (Å²) in [6.07, 6.45) is 27.9. The molecule has 6 aliphatic heterocycles. The zero-order valence-corrected chi connectivity index (χ0v) is 95.5. The van der Waals surface area contributed by atoms with E-state index in [1.54, 1.807) is 79.6 Å². The summed E-state index contributed by atoms with van der Waals surface area (Å²) >= 11 is 3.37. The van der Waals surface area contributed by atoms with E-state index in [0.717, 1.165) is 84.7 Å². The third-order valence-electron chi connectivity index (χ3n) is 27.2. The summed E-state index contributed by atoms with van der Waals surface area (Å²) in [5, 5.41) is 126. The third-order valence-corrected chi connectivity index (χ3v) is 36.6. The molecule has 0 unspecified atom stereocenters. The summed E-state index contributed by atoms with van der Waals surface area (Å²) in [7, 11) is 0. The lowest BCUT2D eigenvalue weighted by Crippen LogP contribution is -2.32. The van der Waals surface area contributed by atoms with Crippen LogP contribution in [-0.2, 0) is 47.7 Å². The molecule has 50 heteroatoms. The second-order valence-corrected chi connectivity index (χ2v) is 70.5. The molecule has 0 amide bonds. The van der Waals surface area contributed by atoms with E-state index in [0.29, 0.717) is 146 Å². The molecule has 828 valence electrons. The predicted molar refractivity (Wildman–Crippen MR) is 614 cm³/mol. The molecule has 0 bridgehead atoms. The highest BCUT2D eigenvalue weighted by Crippen LogP contribution is 2.49. The quantitative estimate of drug-likeness (QED) is 0.0188. The molecule has 12 aromatic rings. The second-order valence-electron chi connectivity index (χ2n) is 43.8. The van der Waals surface area contributed by atoms with Crippen LogP contribution < -0.4 is 34.4 Å². The van der Waals surface area contributed by atoms with Crippen molar-refractivity contribution in [3.05, 3.63) is 108 Å². The predicted octanol–water partition coefficient (Wildman–Crippen LogP) is 8.46. The second kappa shape index (κ2) is 48.8. The summed E-state index contributed by atoms with van der Waals surface area (Å²) < 4.78 is 60.5. The van der Waals surface area contributed by atoms with Crippen molar-refractivity contribution in [2.45, 2.75) is 252 Å². The number of nitrogen functional groups attached to an aromatic ring is 6. The Morgan fingerprint density at radius 3 is 0.793 bits per heavy atom. The zero-order chi connectivity index (χ0) is 110. The highest BCUT2D eigenvalue weighted by molar-refractivity contribution is 9.10. The van der Waals surface area contributed by atoms with Crippen molar-refractivity contribution in [2.24, 2.45) is 0 Å². The molecule has 6 aliphatic rings. The van der Waals surface area contributed by atoms with E-state index in [-0.39, 0.29) is 16.9 Å². The first kappa shape index (κ1) is 119. The Balaban J connectivity index is 0.000000150. The fourth-order valence-corrected chi connectivity index (χ4v) is 25.2. The topological polar surface area (TPSA) is 639 Å². The number of nitrogens with two attached hydrogens (primary N) is 6. The van der Waals surface area contributed by atoms with Crippen molar-refractivity contribution in [1.82, 2.24) is 87.2 Å². The number of rotatable bonds is 30. The van der Waals surface area contributed by atoms with Gasteiger partial charge in [0.1, 0.15) is 130 Å². The molecule has 0 saturated carbocycles. The smallest absolute Gasteiger partial charge is 0.293 e. The van der Waals surface area contributed by atoms with E-state index in [2.05, 4.69) is 207 Å². The number of aliphatic hydroxyl groups is 12. The lowest BCUT2D eigenvalue weighted by molar-refractivity contribution is -0.0413. The molecular formula is C100H156BrFN24O18P6. The fraction of sp³-hybridized carbons (Fsp3) is 0.580. The van der Waals surface area contributed by atoms with Crippen LogP contribution in [0.2, 0.25) is 0 Å². The molecule has 6 fully saturated rings. The Kier molecular flexibility index (Phi) is 38.7. The number of aliphatic hydroxyl groups excluding tert-OH is 12. The average molecular weight is 2270 g/mol. The van der Waals surface area contributed by atoms with Gasteiger partial charge in [0.05, 0.1) is 70.7 Å². The van der Waals surface area contributed by atoms with Crippen molar-refractivity contribution in [3.63, 3.8) is 0 Å². The Hall–Kier alpha value is -7.99. The summed E-state index contributed by atoms with van der Waals surface area (Å²) in [6.45, 7) is 26.1. The molecule has 0 aromatic carbocycles. The number of pyridine rings is 6. The number of aryl methyl sites for hydroxylation is 4. The van der Waals surface area contributed by atoms with Crippen LogP contribution in [-0.4, -0.2) is 413 Å². The lowest BCUT2D eigenvalue weighted by Gasteiger charge is -2.20. The van der Waals surface area contributed by atoms with Crippen LogP contribution >= 0.6 is 57.2 Å². The number of halogens is 2. The van der Waals surface area contributed by atoms with Gasteiger partial charge in [-0.1, -0.05) is 27.2 Å². The van der Waals surface area contributed by atoms with Gasteiger partial charge >= 0.3 is 0 Å². The largest absolute Gasteiger partial charge is 0.397 e. The Bertz CT molecular complexity index is 6700. The SMILES string of the molecule is C=P(C)(C)CC[C@H]1O[C@@H](n2c(Br)nc3c(N)ccnc32)[C@H](O)[C@@H]1O.C=P(C)(C)CC[C@H]1O[C@@H](n2c(C)nc3c(N)ccnc32)[C@H](O)[C@@H]1O.C=P(C)(C)CC[C@H]1O[C@@H](n2c(CC)nc3c(N)ccnc32)[C@H](O)[C@@H]1O.C=P(C)(C)CC[C@H]1O[C@@H](n2c(CCC)nc3c(N)ccnc32)[C@H](O)[C@@H]1O.C=P(C)(C)CC[C@H]1O[C@@H](n2c(CCCC)nc3c(N)ccnc32)[C@H](O)[C@@H]1O.C=P(C)(C)CC[C@H]1O[C@@H](n2c(F)nc3c(N)ccnc32)[C@H](O)[C@@H]1O. The van der Waals surface area contributed by atoms with E-state index in [9.17, 15) is 65.7 Å². The number of anilines is 6. The van der Waals surface area contributed by atoms with Gasteiger partial charge < -0.3 is 124 Å². The van der Waals surface area contributed by atoms with Crippen LogP contribution in [0.5, 0.6) is 0 Å². The molecular weight excluding hydrogens is 2110 g/mol. The van der Waals surface area contributed by atoms with Crippen molar-refractivity contribution in [2.75, 3.05) is 151 Å². The standard InChI is InChI=1S/C19H31N4O3P.C18H29N4O3P.C17H27N4O3P.C16H25N4O3P.C15H22BrN4O3P.C15H22FN4O3P/c1-5-6-7-14-22-15-12(20)8-10-21-18(15)23(14)19-17(25)16(24)13(26-19)9-11-27(2,3)4;1-5-6-13-21-14-11(19)7-9-20-17(14)22(13)18-16(24)15(23)12(25-18)8-10-26(2,3)4;1-5-12-20-13-10(18)6-8-19-16(13)21(12)17-15(23)14(22)11(24-17)7-9-25(2,3)4;1-9-19-12-10(17)5-7-18-15(12)20(9)16-14(22)13(21)11(23-16)6-8-24(2,3)4;2*1-24(2,3)7-5-9-11(21)12(22)14(23-9)20-13-10(19-15(20)16)8(17)4-6-18-13/h8,10,13,16-17,19,24-25H,2,5-7,9,11H2,1,3-4H3,(H2,20,21);7,9,12,15-16,18,23-24H,2,5-6,8,10H2,1,3-4H3,(H2,19,20);6,8,11,14-15,17,22-23H,2,5,7,9H2,1,3-4H3,(H2,18,19);5,7,11,13-14,16,21-22H,2,6,8H2,1,3-4H3,(H2,17,18);2*4,6,9,11-12,14,21-22H,1,5,7H2,2-3H3,(H2,17,18)/t13-,16-,17-,19-;12-,15-,16-,18-;11-,14-,15-,17-;11-,13-,14-,16-;2*9-,11-,12-,14-/m111111/s1. The first-order valence-electron chi connectivity index (χ1n) is 50.4. The zero-order valence-electron chi connectivity index (χ0n) is 88.5. The van der Waals surface area contributed by atoms with Gasteiger partial charge in [-0.3, -0.25) is 27.4 Å². The molecule has 12 aromatic heterocycles. The van der Waals surface area contributed by atoms with Crippen LogP contribution in [0.25, 0.3) is 67.0 Å². The first-order valence-corrected chi connectivity index (χ1v) is 69.5. The number of ether oxygens (including phenoxy) is 6. The molecule has 24 atom stereocenters. The van der Waals surface area contributed by atoms with Gasteiger partial charge in [0.2, 0.25) is 0 Å². The Labute approximate surface area is 883 Å². The molecule has 24 N–H and O–H groups in total. The number of nitrogens with zero attached hydrogens (tertiary/aromatic N) is 18. The number of aromatic nitrogens is 18. The molecule has 0 aliphatic carbocycles. The molecule has 0 spiro atoms. The maximum absolute atomic E-state index is 14.3. The normalized spacial score (nSPS) is 27.2. The number of imidazole rings is 6. The van der Waals surface area contributed by atoms with Crippen LogP contribution in [0, 0.1) is 13.0 Å². The van der Waals surface area contributed by atoms with Crippen molar-refractivity contribution >= 4 is 196 Å². The number of unbranched alkanes of at least 4 members (excludes halogenated alkanes) is 1. The average Bonchev–Trinajstić information content (AvgIpc) is 1.63. The maximum atomic E-state index is 14.3. The van der Waals surface area contributed by atoms with Crippen LogP contribution in [0.3, 0.4) is 0 Å². The van der Waals surface area contributed by atoms with Crippen LogP contribution in [0.4, 0.5) is 38.5 Å². The minimum absolute atomic E-state index is 0.175. The van der Waals surface area contributed by atoms with Gasteiger partial charge in [0.25, 0.3) is 6.08 Å². The minimum atomic E-state index is -1.29. The van der Waals surface area contributed by atoms with E-state index in [1.807, 2.05) is 18.4 Å². The van der Waals surface area contributed by atoms with Gasteiger partial charge in [-0.2, -0.15) is 9.37 Å². The maximum Gasteiger partial charge on any atom is 0.293 e. The van der Waals surface area contributed by atoms with E-state index in [1.165, 1.54) is 12.3 Å². The Morgan fingerprint density at radius 2 is 0.520 bits per heavy atom. The van der Waals surface area contributed by atoms with Gasteiger partial charge in [0.15, 0.2) is 76.0 Å². The Morgan fingerprint density at radius 1 is 0.300 bits per heavy atom. The summed E-state index contributed by atoms with van der Waals surface area (Å²) in [5.41, 5.74) is 44.8. The van der Waals surface area contributed by atoms with Crippen LogP contribution in [0.15, 0.2) is 78.3 Å². The van der Waals surface area contributed by atoms with Gasteiger partial charge in [0, 0.05) is 56.4 Å². The third kappa shape index (κ3) is 27.6. The van der Waals surface area contributed by atoms with E-state index < -0.39 is 195 Å². The first-order chi connectivity index (χ1) is 70.2. The number of hydrogen-bond acceptors (Lipinski definition) is 36. The van der Waals surface area contributed by atoms with Crippen molar-refractivity contribution in [3.8, 4) is 0 Å². The van der Waals surface area contributed by atoms with Crippen LogP contribution in [0.1, 0.15) is 139 Å². The summed E-state index contributed by atoms with van der Waals surface area (Å²) in [5.74, 6) is 2.90. The molecule has 18 rings (SSSR count). The lowest BCUT2D eigenvalue weighted by atomic mass is 10.1. The number of hydrogen-bond donors (Lipinski definition) is 18. The van der Waals surface area contributed by atoms with Gasteiger partial charge in [-0.05, 0) is 228 Å². The van der Waals surface area contributed by atoms with Gasteiger partial charge in [-0.15, -0.1) is 79.1 Å². The monoisotopic (exact) mass is 2260 g/mol. The molecule has 42 nitrogen and oxygen atoms in total. The fourth-order valence-electron chi connectivity index (χ4n) is 18.9. The van der Waals surface area contributed by atoms with Gasteiger partial charge in [-0.25, -0.2) is 54.8 Å². The summed E-state index contributed by atoms with van der Waals surface area (Å²) in [4.78, 5) is 52.2. The van der Waals surface area contributed by atoms with E-state index >= 15 is 0 Å². The van der Waals surface area contributed by atoms with Crippen molar-refractivity contribution in [1.29, 1.82) is 0 Å². The van der Waals surface area contributed by atoms with E-state index in [4.69, 9.17) is 62.8 Å². The summed E-state index contributed by atoms with van der Waals surface area (Å²) in [6, 6.07) is 9.98. The molecule has 0 radical (unpaired) electrons. The molecule has 150 heavy (non-hydrogen) atoms. The molecule has 6 saturated heterocycles.